The number of halogens is 2. The molecule has 0 bridgehead atoms. The van der Waals surface area contributed by atoms with Crippen LogP contribution >= 0.6 is 0 Å². The van der Waals surface area contributed by atoms with E-state index in [2.05, 4.69) is 14.9 Å². The first-order valence-corrected chi connectivity index (χ1v) is 10.2. The number of aromatic amines is 1. The van der Waals surface area contributed by atoms with E-state index >= 15 is 0 Å². The Morgan fingerprint density at radius 2 is 2.00 bits per heavy atom. The van der Waals surface area contributed by atoms with Gasteiger partial charge in [0.15, 0.2) is 0 Å². The molecule has 1 N–H and O–H groups in total. The molecule has 0 unspecified atom stereocenters. The van der Waals surface area contributed by atoms with Gasteiger partial charge >= 0.3 is 0 Å². The molecule has 0 amide bonds. The van der Waals surface area contributed by atoms with Crippen molar-refractivity contribution in [3.05, 3.63) is 52.1 Å². The SMILES string of the molecule is O=c1cc(N2CCO[C@H](F)C2)nc(N2CCCCC[C@@H]2Cc2ccc(F)cc2)[nH]1. The number of rotatable bonds is 4. The lowest BCUT2D eigenvalue weighted by atomic mass is 10.0. The van der Waals surface area contributed by atoms with Crippen molar-refractivity contribution in [1.82, 2.24) is 9.97 Å². The molecule has 29 heavy (non-hydrogen) atoms. The highest BCUT2D eigenvalue weighted by molar-refractivity contribution is 5.45. The lowest BCUT2D eigenvalue weighted by molar-refractivity contribution is -0.0467. The lowest BCUT2D eigenvalue weighted by Gasteiger charge is -2.33. The Labute approximate surface area is 168 Å². The van der Waals surface area contributed by atoms with E-state index in [-0.39, 0.29) is 30.6 Å². The third-order valence-electron chi connectivity index (χ3n) is 5.60. The van der Waals surface area contributed by atoms with Crippen LogP contribution in [0.5, 0.6) is 0 Å². The van der Waals surface area contributed by atoms with Crippen molar-refractivity contribution in [2.24, 2.45) is 0 Å². The average Bonchev–Trinajstić information content (AvgIpc) is 2.95. The van der Waals surface area contributed by atoms with E-state index in [4.69, 9.17) is 4.74 Å². The van der Waals surface area contributed by atoms with Gasteiger partial charge in [0.25, 0.3) is 5.56 Å². The first kappa shape index (κ1) is 19.8. The molecular formula is C21H26F2N4O2. The lowest BCUT2D eigenvalue weighted by Crippen LogP contribution is -2.43. The highest BCUT2D eigenvalue weighted by Gasteiger charge is 2.26. The molecule has 0 aliphatic carbocycles. The number of nitrogens with zero attached hydrogens (tertiary/aromatic N) is 3. The maximum atomic E-state index is 13.6. The van der Waals surface area contributed by atoms with Crippen molar-refractivity contribution in [3.8, 4) is 0 Å². The molecule has 1 aromatic heterocycles. The average molecular weight is 404 g/mol. The van der Waals surface area contributed by atoms with Gasteiger partial charge in [-0.2, -0.15) is 4.98 Å². The fourth-order valence-corrected chi connectivity index (χ4v) is 4.11. The van der Waals surface area contributed by atoms with Crippen LogP contribution in [0.3, 0.4) is 0 Å². The minimum absolute atomic E-state index is 0.0644. The van der Waals surface area contributed by atoms with Crippen LogP contribution in [0.4, 0.5) is 20.5 Å². The summed E-state index contributed by atoms with van der Waals surface area (Å²) >= 11 is 0. The van der Waals surface area contributed by atoms with E-state index < -0.39 is 6.36 Å². The number of H-pyrrole nitrogens is 1. The fourth-order valence-electron chi connectivity index (χ4n) is 4.11. The summed E-state index contributed by atoms with van der Waals surface area (Å²) in [6.45, 7) is 1.61. The number of benzene rings is 1. The molecule has 8 heteroatoms. The fraction of sp³-hybridized carbons (Fsp3) is 0.524. The first-order chi connectivity index (χ1) is 14.1. The van der Waals surface area contributed by atoms with Gasteiger partial charge in [-0.1, -0.05) is 25.0 Å². The summed E-state index contributed by atoms with van der Waals surface area (Å²) in [5, 5.41) is 0. The van der Waals surface area contributed by atoms with Crippen LogP contribution in [0.2, 0.25) is 0 Å². The Hall–Kier alpha value is -2.48. The third-order valence-corrected chi connectivity index (χ3v) is 5.60. The van der Waals surface area contributed by atoms with E-state index in [1.807, 2.05) is 0 Å². The van der Waals surface area contributed by atoms with Crippen LogP contribution in [-0.2, 0) is 11.2 Å². The zero-order valence-corrected chi connectivity index (χ0v) is 16.3. The molecule has 3 heterocycles. The van der Waals surface area contributed by atoms with Gasteiger partial charge in [-0.3, -0.25) is 9.78 Å². The first-order valence-electron chi connectivity index (χ1n) is 10.2. The third kappa shape index (κ3) is 4.93. The largest absolute Gasteiger partial charge is 0.349 e. The number of hydrogen-bond donors (Lipinski definition) is 1. The van der Waals surface area contributed by atoms with Crippen LogP contribution in [0, 0.1) is 5.82 Å². The minimum atomic E-state index is -1.38. The zero-order valence-electron chi connectivity index (χ0n) is 16.3. The Balaban J connectivity index is 1.61. The number of nitrogens with one attached hydrogen (secondary N) is 1. The summed E-state index contributed by atoms with van der Waals surface area (Å²) in [5.74, 6) is 0.740. The minimum Gasteiger partial charge on any atom is -0.349 e. The summed E-state index contributed by atoms with van der Waals surface area (Å²) in [5.41, 5.74) is 0.798. The van der Waals surface area contributed by atoms with E-state index in [0.717, 1.165) is 44.2 Å². The van der Waals surface area contributed by atoms with Crippen LogP contribution in [-0.4, -0.2) is 48.6 Å². The Morgan fingerprint density at radius 3 is 2.79 bits per heavy atom. The zero-order chi connectivity index (χ0) is 20.2. The van der Waals surface area contributed by atoms with E-state index in [9.17, 15) is 13.6 Å². The van der Waals surface area contributed by atoms with Gasteiger partial charge in [0.1, 0.15) is 11.6 Å². The monoisotopic (exact) mass is 404 g/mol. The Bertz CT molecular complexity index is 874. The van der Waals surface area contributed by atoms with Crippen LogP contribution in [0.15, 0.2) is 35.1 Å². The van der Waals surface area contributed by atoms with Crippen molar-refractivity contribution in [3.63, 3.8) is 0 Å². The molecule has 0 spiro atoms. The standard InChI is InChI=1S/C21H26F2N4O2/c22-16-7-5-15(6-8-16)12-17-4-2-1-3-9-27(17)21-24-19(13-20(28)25-21)26-10-11-29-18(23)14-26/h5-8,13,17-18H,1-4,9-12,14H2,(H,24,25,28)/t17-,18+/m1/s1. The van der Waals surface area contributed by atoms with Gasteiger partial charge in [0.05, 0.1) is 13.2 Å². The maximum Gasteiger partial charge on any atom is 0.254 e. The molecular weight excluding hydrogens is 378 g/mol. The van der Waals surface area contributed by atoms with Gasteiger partial charge < -0.3 is 14.5 Å². The van der Waals surface area contributed by atoms with Crippen molar-refractivity contribution in [2.75, 3.05) is 36.0 Å². The van der Waals surface area contributed by atoms with Gasteiger partial charge in [0.2, 0.25) is 12.3 Å². The number of alkyl halides is 1. The molecule has 4 rings (SSSR count). The molecule has 2 aliphatic heterocycles. The van der Waals surface area contributed by atoms with Crippen molar-refractivity contribution in [2.45, 2.75) is 44.5 Å². The Morgan fingerprint density at radius 1 is 1.17 bits per heavy atom. The van der Waals surface area contributed by atoms with Crippen molar-refractivity contribution >= 4 is 11.8 Å². The quantitative estimate of drug-likeness (QED) is 0.849. The Kier molecular flexibility index (Phi) is 6.08. The van der Waals surface area contributed by atoms with Crippen molar-refractivity contribution < 1.29 is 13.5 Å². The number of anilines is 2. The molecule has 2 saturated heterocycles. The van der Waals surface area contributed by atoms with E-state index in [0.29, 0.717) is 18.3 Å². The summed E-state index contributed by atoms with van der Waals surface area (Å²) in [7, 11) is 0. The van der Waals surface area contributed by atoms with Crippen LogP contribution < -0.4 is 15.4 Å². The summed E-state index contributed by atoms with van der Waals surface area (Å²) in [6, 6.07) is 8.13. The van der Waals surface area contributed by atoms with Crippen LogP contribution in [0.1, 0.15) is 31.2 Å². The summed E-state index contributed by atoms with van der Waals surface area (Å²) in [6.07, 6.45) is 3.57. The molecule has 2 atom stereocenters. The second-order valence-electron chi connectivity index (χ2n) is 7.68. The second-order valence-corrected chi connectivity index (χ2v) is 7.68. The molecule has 1 aromatic carbocycles. The topological polar surface area (TPSA) is 61.5 Å². The number of aromatic nitrogens is 2. The predicted molar refractivity (Wildman–Crippen MR) is 108 cm³/mol. The second kappa shape index (κ2) is 8.90. The van der Waals surface area contributed by atoms with Gasteiger partial charge in [-0.25, -0.2) is 8.78 Å². The molecule has 6 nitrogen and oxygen atoms in total. The van der Waals surface area contributed by atoms with E-state index in [1.165, 1.54) is 18.2 Å². The number of morpholine rings is 1. The molecule has 2 fully saturated rings. The van der Waals surface area contributed by atoms with Gasteiger partial charge in [-0.15, -0.1) is 0 Å². The molecule has 0 radical (unpaired) electrons. The number of ether oxygens (including phenoxy) is 1. The summed E-state index contributed by atoms with van der Waals surface area (Å²) < 4.78 is 31.9. The van der Waals surface area contributed by atoms with E-state index in [1.54, 1.807) is 17.0 Å². The van der Waals surface area contributed by atoms with Gasteiger partial charge in [0, 0.05) is 25.2 Å². The molecule has 2 aromatic rings. The van der Waals surface area contributed by atoms with Gasteiger partial charge in [-0.05, 0) is 37.0 Å². The van der Waals surface area contributed by atoms with Crippen molar-refractivity contribution in [1.29, 1.82) is 0 Å². The molecule has 2 aliphatic rings. The molecule has 156 valence electrons. The summed E-state index contributed by atoms with van der Waals surface area (Å²) in [4.78, 5) is 23.8. The highest BCUT2D eigenvalue weighted by Crippen LogP contribution is 2.25. The molecule has 0 saturated carbocycles. The van der Waals surface area contributed by atoms with Crippen LogP contribution in [0.25, 0.3) is 0 Å². The smallest absolute Gasteiger partial charge is 0.254 e. The number of hydrogen-bond acceptors (Lipinski definition) is 5. The normalized spacial score (nSPS) is 23.1. The highest BCUT2D eigenvalue weighted by atomic mass is 19.1. The predicted octanol–water partition coefficient (Wildman–Crippen LogP) is 3.03. The maximum absolute atomic E-state index is 13.6.